The lowest BCUT2D eigenvalue weighted by atomic mass is 10.1. The zero-order valence-corrected chi connectivity index (χ0v) is 20.0. The Bertz CT molecular complexity index is 1130. The molecule has 9 heteroatoms. The van der Waals surface area contributed by atoms with Gasteiger partial charge in [0.25, 0.3) is 5.91 Å². The predicted octanol–water partition coefficient (Wildman–Crippen LogP) is 4.79. The first kappa shape index (κ1) is 23.8. The van der Waals surface area contributed by atoms with Gasteiger partial charge in [0.05, 0.1) is 11.8 Å². The van der Waals surface area contributed by atoms with Crippen molar-refractivity contribution in [2.45, 2.75) is 45.4 Å². The number of aryl methyl sites for hydroxylation is 1. The highest BCUT2D eigenvalue weighted by molar-refractivity contribution is 7.99. The lowest BCUT2D eigenvalue weighted by Crippen LogP contribution is -2.29. The van der Waals surface area contributed by atoms with E-state index < -0.39 is 0 Å². The number of aromatic nitrogens is 3. The fourth-order valence-electron chi connectivity index (χ4n) is 3.25. The van der Waals surface area contributed by atoms with Crippen LogP contribution in [0.25, 0.3) is 0 Å². The van der Waals surface area contributed by atoms with Crippen LogP contribution in [0.2, 0.25) is 5.02 Å². The number of carbonyl (C=O) groups excluding carboxylic acids is 2. The molecule has 0 saturated heterocycles. The molecule has 1 aromatic heterocycles. The molecule has 168 valence electrons. The maximum absolute atomic E-state index is 12.7. The van der Waals surface area contributed by atoms with E-state index in [1.807, 2.05) is 56.5 Å². The minimum absolute atomic E-state index is 0.159. The lowest BCUT2D eigenvalue weighted by Gasteiger charge is -2.16. The minimum Gasteiger partial charge on any atom is -0.342 e. The summed E-state index contributed by atoms with van der Waals surface area (Å²) in [4.78, 5) is 25.1. The highest BCUT2D eigenvalue weighted by atomic mass is 35.5. The number of rotatable bonds is 8. The van der Waals surface area contributed by atoms with Gasteiger partial charge in [-0.25, -0.2) is 0 Å². The number of amides is 2. The van der Waals surface area contributed by atoms with Gasteiger partial charge in [-0.2, -0.15) is 0 Å². The number of benzene rings is 2. The molecule has 2 aromatic carbocycles. The maximum atomic E-state index is 12.7. The Morgan fingerprint density at radius 2 is 1.88 bits per heavy atom. The van der Waals surface area contributed by atoms with Crippen molar-refractivity contribution >= 4 is 40.9 Å². The summed E-state index contributed by atoms with van der Waals surface area (Å²) < 4.78 is 1.91. The molecule has 0 fully saturated rings. The molecule has 3 aromatic rings. The number of nitrogens with zero attached hydrogens (tertiary/aromatic N) is 3. The third kappa shape index (κ3) is 5.49. The summed E-state index contributed by atoms with van der Waals surface area (Å²) in [5, 5.41) is 15.6. The zero-order chi connectivity index (χ0) is 23.3. The van der Waals surface area contributed by atoms with Crippen LogP contribution in [0.1, 0.15) is 47.2 Å². The van der Waals surface area contributed by atoms with Gasteiger partial charge in [0.2, 0.25) is 5.91 Å². The third-order valence-corrected chi connectivity index (χ3v) is 6.44. The molecule has 0 unspecified atom stereocenters. The summed E-state index contributed by atoms with van der Waals surface area (Å²) in [6, 6.07) is 12.5. The largest absolute Gasteiger partial charge is 0.342 e. The van der Waals surface area contributed by atoms with E-state index in [9.17, 15) is 9.59 Å². The third-order valence-electron chi connectivity index (χ3n) is 5.06. The van der Waals surface area contributed by atoms with E-state index in [0.717, 1.165) is 11.1 Å². The van der Waals surface area contributed by atoms with Crippen molar-refractivity contribution in [1.82, 2.24) is 20.1 Å². The quantitative estimate of drug-likeness (QED) is 0.461. The predicted molar refractivity (Wildman–Crippen MR) is 128 cm³/mol. The monoisotopic (exact) mass is 471 g/mol. The van der Waals surface area contributed by atoms with Gasteiger partial charge in [-0.05, 0) is 57.0 Å². The van der Waals surface area contributed by atoms with Gasteiger partial charge in [0.15, 0.2) is 11.0 Å². The van der Waals surface area contributed by atoms with E-state index in [4.69, 9.17) is 11.6 Å². The Morgan fingerprint density at radius 3 is 2.59 bits per heavy atom. The van der Waals surface area contributed by atoms with Crippen LogP contribution < -0.4 is 10.6 Å². The number of nitrogens with one attached hydrogen (secondary N) is 2. The van der Waals surface area contributed by atoms with E-state index >= 15 is 0 Å². The number of hydrogen-bond donors (Lipinski definition) is 2. The first-order chi connectivity index (χ1) is 15.3. The van der Waals surface area contributed by atoms with Gasteiger partial charge in [-0.1, -0.05) is 47.6 Å². The normalized spacial score (nSPS) is 11.8. The van der Waals surface area contributed by atoms with E-state index in [0.29, 0.717) is 33.8 Å². The number of hydrogen-bond acceptors (Lipinski definition) is 5. The van der Waals surface area contributed by atoms with E-state index in [2.05, 4.69) is 20.8 Å². The molecule has 0 aliphatic heterocycles. The minimum atomic E-state index is -0.341. The van der Waals surface area contributed by atoms with Gasteiger partial charge in [-0.15, -0.1) is 10.2 Å². The maximum Gasteiger partial charge on any atom is 0.252 e. The van der Waals surface area contributed by atoms with E-state index in [1.54, 1.807) is 18.2 Å². The van der Waals surface area contributed by atoms with Crippen molar-refractivity contribution in [2.75, 3.05) is 11.1 Å². The fraction of sp³-hybridized carbons (Fsp3) is 0.304. The molecule has 2 amide bonds. The van der Waals surface area contributed by atoms with Gasteiger partial charge in [0, 0.05) is 22.8 Å². The molecule has 3 rings (SSSR count). The van der Waals surface area contributed by atoms with Gasteiger partial charge in [-0.3, -0.25) is 9.59 Å². The molecule has 0 spiro atoms. The Balaban J connectivity index is 1.65. The summed E-state index contributed by atoms with van der Waals surface area (Å²) in [6.07, 6.45) is 0. The van der Waals surface area contributed by atoms with Crippen LogP contribution in [0.4, 0.5) is 5.69 Å². The average molecular weight is 472 g/mol. The van der Waals surface area contributed by atoms with Crippen LogP contribution in [0, 0.1) is 13.8 Å². The topological polar surface area (TPSA) is 88.9 Å². The lowest BCUT2D eigenvalue weighted by molar-refractivity contribution is -0.113. The van der Waals surface area contributed by atoms with Crippen LogP contribution in [0.15, 0.2) is 47.6 Å². The Kier molecular flexibility index (Phi) is 7.93. The second kappa shape index (κ2) is 10.7. The molecular weight excluding hydrogens is 446 g/mol. The molecule has 32 heavy (non-hydrogen) atoms. The second-order valence-corrected chi connectivity index (χ2v) is 8.69. The van der Waals surface area contributed by atoms with Crippen molar-refractivity contribution in [1.29, 1.82) is 0 Å². The summed E-state index contributed by atoms with van der Waals surface area (Å²) >= 11 is 7.41. The summed E-state index contributed by atoms with van der Waals surface area (Å²) in [6.45, 7) is 8.22. The standard InChI is InChI=1S/C23H26ClN5O2S/c1-5-29-21(16(4)25-22(31)17-10-7-6-9-14(17)2)27-28-23(29)32-13-20(30)26-19-12-8-11-18(24)15(19)3/h6-12,16H,5,13H2,1-4H3,(H,25,31)(H,26,30)/t16-/m0/s1. The molecule has 0 radical (unpaired) electrons. The molecule has 2 N–H and O–H groups in total. The van der Waals surface area contributed by atoms with Crippen molar-refractivity contribution < 1.29 is 9.59 Å². The SMILES string of the molecule is CCn1c(SCC(=O)Nc2cccc(Cl)c2C)nnc1[C@H](C)NC(=O)c1ccccc1C. The molecule has 0 saturated carbocycles. The number of anilines is 1. The molecule has 0 aliphatic rings. The Hall–Kier alpha value is -2.84. The second-order valence-electron chi connectivity index (χ2n) is 7.34. The summed E-state index contributed by atoms with van der Waals surface area (Å²) in [7, 11) is 0. The van der Waals surface area contributed by atoms with Crippen LogP contribution in [0.5, 0.6) is 0 Å². The zero-order valence-electron chi connectivity index (χ0n) is 18.5. The Morgan fingerprint density at radius 1 is 1.12 bits per heavy atom. The molecule has 0 aliphatic carbocycles. The average Bonchev–Trinajstić information content (AvgIpc) is 3.19. The van der Waals surface area contributed by atoms with Crippen molar-refractivity contribution in [3.63, 3.8) is 0 Å². The summed E-state index contributed by atoms with van der Waals surface area (Å²) in [5.74, 6) is 0.497. The van der Waals surface area contributed by atoms with Crippen molar-refractivity contribution in [2.24, 2.45) is 0 Å². The molecular formula is C23H26ClN5O2S. The van der Waals surface area contributed by atoms with Crippen LogP contribution in [-0.2, 0) is 11.3 Å². The van der Waals surface area contributed by atoms with Crippen LogP contribution >= 0.6 is 23.4 Å². The summed E-state index contributed by atoms with van der Waals surface area (Å²) in [5.41, 5.74) is 3.05. The number of halogens is 1. The highest BCUT2D eigenvalue weighted by Crippen LogP contribution is 2.24. The molecule has 7 nitrogen and oxygen atoms in total. The molecule has 1 atom stereocenters. The van der Waals surface area contributed by atoms with E-state index in [1.165, 1.54) is 11.8 Å². The van der Waals surface area contributed by atoms with Crippen LogP contribution in [-0.4, -0.2) is 32.3 Å². The fourth-order valence-corrected chi connectivity index (χ4v) is 4.23. The molecule has 1 heterocycles. The van der Waals surface area contributed by atoms with Gasteiger partial charge < -0.3 is 15.2 Å². The highest BCUT2D eigenvalue weighted by Gasteiger charge is 2.21. The first-order valence-electron chi connectivity index (χ1n) is 10.3. The van der Waals surface area contributed by atoms with E-state index in [-0.39, 0.29) is 23.6 Å². The van der Waals surface area contributed by atoms with Crippen molar-refractivity contribution in [3.8, 4) is 0 Å². The smallest absolute Gasteiger partial charge is 0.252 e. The Labute approximate surface area is 197 Å². The first-order valence-corrected chi connectivity index (χ1v) is 11.7. The molecule has 0 bridgehead atoms. The number of thioether (sulfide) groups is 1. The number of carbonyl (C=O) groups is 2. The van der Waals surface area contributed by atoms with Gasteiger partial charge in [0.1, 0.15) is 0 Å². The van der Waals surface area contributed by atoms with Crippen LogP contribution in [0.3, 0.4) is 0 Å². The van der Waals surface area contributed by atoms with Crippen molar-refractivity contribution in [3.05, 3.63) is 70.0 Å². The van der Waals surface area contributed by atoms with Gasteiger partial charge >= 0.3 is 0 Å².